The first-order chi connectivity index (χ1) is 8.07. The molecule has 1 saturated carbocycles. The molecule has 5 heteroatoms. The van der Waals surface area contributed by atoms with Crippen LogP contribution in [0.15, 0.2) is 5.51 Å². The van der Waals surface area contributed by atoms with Crippen LogP contribution < -0.4 is 5.32 Å². The van der Waals surface area contributed by atoms with Gasteiger partial charge in [0.15, 0.2) is 0 Å². The summed E-state index contributed by atoms with van der Waals surface area (Å²) >= 11 is 1.53. The van der Waals surface area contributed by atoms with Gasteiger partial charge in [0.1, 0.15) is 5.41 Å². The maximum atomic E-state index is 12.0. The predicted molar refractivity (Wildman–Crippen MR) is 65.1 cm³/mol. The van der Waals surface area contributed by atoms with E-state index in [1.165, 1.54) is 11.3 Å². The summed E-state index contributed by atoms with van der Waals surface area (Å²) in [7, 11) is 0. The third-order valence-electron chi connectivity index (χ3n) is 3.30. The molecule has 1 heterocycles. The minimum Gasteiger partial charge on any atom is -0.350 e. The van der Waals surface area contributed by atoms with Gasteiger partial charge in [-0.25, -0.2) is 4.98 Å². The third-order valence-corrected chi connectivity index (χ3v) is 4.23. The molecule has 1 fully saturated rings. The standard InChI is InChI=1S/C12H15N3OS/c1-8-3-12(4-8,6-13)11(16)14-5-10-9(2)15-7-17-10/h7-8H,3-5H2,1-2H3,(H,14,16). The van der Waals surface area contributed by atoms with E-state index in [2.05, 4.69) is 23.3 Å². The van der Waals surface area contributed by atoms with Crippen molar-refractivity contribution in [2.24, 2.45) is 11.3 Å². The number of nitrogens with one attached hydrogen (secondary N) is 1. The van der Waals surface area contributed by atoms with Crippen molar-refractivity contribution < 1.29 is 4.79 Å². The van der Waals surface area contributed by atoms with Crippen LogP contribution in [0, 0.1) is 29.6 Å². The highest BCUT2D eigenvalue weighted by Gasteiger charge is 2.48. The topological polar surface area (TPSA) is 65.8 Å². The van der Waals surface area contributed by atoms with E-state index in [1.54, 1.807) is 5.51 Å². The molecular weight excluding hydrogens is 234 g/mol. The van der Waals surface area contributed by atoms with Gasteiger partial charge in [-0.2, -0.15) is 5.26 Å². The molecule has 0 spiro atoms. The molecule has 1 aromatic rings. The lowest BCUT2D eigenvalue weighted by Crippen LogP contribution is -2.47. The molecule has 0 unspecified atom stereocenters. The number of nitrogens with zero attached hydrogens (tertiary/aromatic N) is 2. The van der Waals surface area contributed by atoms with E-state index in [-0.39, 0.29) is 5.91 Å². The number of hydrogen-bond acceptors (Lipinski definition) is 4. The van der Waals surface area contributed by atoms with Crippen LogP contribution in [0.1, 0.15) is 30.3 Å². The van der Waals surface area contributed by atoms with Crippen molar-refractivity contribution in [2.45, 2.75) is 33.2 Å². The van der Waals surface area contributed by atoms with Crippen LogP contribution >= 0.6 is 11.3 Å². The van der Waals surface area contributed by atoms with Gasteiger partial charge in [-0.15, -0.1) is 11.3 Å². The molecule has 90 valence electrons. The molecule has 1 aliphatic rings. The van der Waals surface area contributed by atoms with E-state index in [9.17, 15) is 4.79 Å². The third kappa shape index (κ3) is 2.18. The molecule has 0 atom stereocenters. The summed E-state index contributed by atoms with van der Waals surface area (Å²) in [4.78, 5) is 17.2. The Morgan fingerprint density at radius 2 is 2.47 bits per heavy atom. The van der Waals surface area contributed by atoms with E-state index >= 15 is 0 Å². The van der Waals surface area contributed by atoms with E-state index in [1.807, 2.05) is 6.92 Å². The Morgan fingerprint density at radius 3 is 2.94 bits per heavy atom. The van der Waals surface area contributed by atoms with Crippen LogP contribution in [-0.4, -0.2) is 10.9 Å². The zero-order valence-corrected chi connectivity index (χ0v) is 10.8. The zero-order valence-electron chi connectivity index (χ0n) is 9.99. The van der Waals surface area contributed by atoms with Gasteiger partial charge >= 0.3 is 0 Å². The van der Waals surface area contributed by atoms with Gasteiger partial charge in [-0.1, -0.05) is 6.92 Å². The first-order valence-corrected chi connectivity index (χ1v) is 6.54. The molecule has 1 aromatic heterocycles. The Balaban J connectivity index is 1.94. The molecule has 17 heavy (non-hydrogen) atoms. The monoisotopic (exact) mass is 249 g/mol. The van der Waals surface area contributed by atoms with Crippen LogP contribution in [-0.2, 0) is 11.3 Å². The van der Waals surface area contributed by atoms with Crippen molar-refractivity contribution >= 4 is 17.2 Å². The number of aryl methyl sites for hydroxylation is 1. The highest BCUT2D eigenvalue weighted by atomic mass is 32.1. The molecule has 2 rings (SSSR count). The number of aromatic nitrogens is 1. The second kappa shape index (κ2) is 4.46. The van der Waals surface area contributed by atoms with Gasteiger partial charge in [0.25, 0.3) is 0 Å². The Bertz CT molecular complexity index is 468. The van der Waals surface area contributed by atoms with Crippen molar-refractivity contribution in [3.8, 4) is 6.07 Å². The van der Waals surface area contributed by atoms with Gasteiger partial charge < -0.3 is 5.32 Å². The summed E-state index contributed by atoms with van der Waals surface area (Å²) in [5.41, 5.74) is 1.93. The summed E-state index contributed by atoms with van der Waals surface area (Å²) in [5, 5.41) is 12.0. The molecule has 1 amide bonds. The van der Waals surface area contributed by atoms with E-state index in [4.69, 9.17) is 5.26 Å². The lowest BCUT2D eigenvalue weighted by Gasteiger charge is -2.39. The average Bonchev–Trinajstić information content (AvgIpc) is 2.67. The summed E-state index contributed by atoms with van der Waals surface area (Å²) in [6.45, 7) is 4.47. The SMILES string of the molecule is Cc1ncsc1CNC(=O)C1(C#N)CC(C)C1. The van der Waals surface area contributed by atoms with Crippen molar-refractivity contribution in [3.05, 3.63) is 16.1 Å². The molecule has 0 aromatic carbocycles. The first kappa shape index (κ1) is 12.1. The van der Waals surface area contributed by atoms with Crippen molar-refractivity contribution in [1.29, 1.82) is 5.26 Å². The molecule has 1 aliphatic carbocycles. The number of carbonyl (C=O) groups excluding carboxylic acids is 1. The van der Waals surface area contributed by atoms with Gasteiger partial charge in [0, 0.05) is 4.88 Å². The summed E-state index contributed by atoms with van der Waals surface area (Å²) < 4.78 is 0. The fourth-order valence-corrected chi connectivity index (χ4v) is 3.00. The Hall–Kier alpha value is -1.41. The summed E-state index contributed by atoms with van der Waals surface area (Å²) in [6, 6.07) is 2.17. The molecule has 0 aliphatic heterocycles. The van der Waals surface area contributed by atoms with E-state index in [0.29, 0.717) is 25.3 Å². The van der Waals surface area contributed by atoms with Crippen LogP contribution in [0.25, 0.3) is 0 Å². The van der Waals surface area contributed by atoms with Crippen LogP contribution in [0.5, 0.6) is 0 Å². The van der Waals surface area contributed by atoms with Crippen LogP contribution in [0.2, 0.25) is 0 Å². The second-order valence-electron chi connectivity index (χ2n) is 4.75. The summed E-state index contributed by atoms with van der Waals surface area (Å²) in [6.07, 6.45) is 1.36. The lowest BCUT2D eigenvalue weighted by atomic mass is 9.63. The van der Waals surface area contributed by atoms with Crippen molar-refractivity contribution in [1.82, 2.24) is 10.3 Å². The Kier molecular flexibility index (Phi) is 3.16. The largest absolute Gasteiger partial charge is 0.350 e. The quantitative estimate of drug-likeness (QED) is 0.891. The van der Waals surface area contributed by atoms with E-state index < -0.39 is 5.41 Å². The van der Waals surface area contributed by atoms with Crippen molar-refractivity contribution in [3.63, 3.8) is 0 Å². The zero-order chi connectivity index (χ0) is 12.5. The van der Waals surface area contributed by atoms with Crippen LogP contribution in [0.4, 0.5) is 0 Å². The fraction of sp³-hybridized carbons (Fsp3) is 0.583. The van der Waals surface area contributed by atoms with E-state index in [0.717, 1.165) is 10.6 Å². The maximum absolute atomic E-state index is 12.0. The number of rotatable bonds is 3. The normalized spacial score (nSPS) is 27.0. The first-order valence-electron chi connectivity index (χ1n) is 5.66. The van der Waals surface area contributed by atoms with Gasteiger partial charge in [-0.05, 0) is 25.7 Å². The van der Waals surface area contributed by atoms with Crippen LogP contribution in [0.3, 0.4) is 0 Å². The highest BCUT2D eigenvalue weighted by Crippen LogP contribution is 2.45. The predicted octanol–water partition coefficient (Wildman–Crippen LogP) is 2.01. The molecule has 4 nitrogen and oxygen atoms in total. The molecule has 0 saturated heterocycles. The van der Waals surface area contributed by atoms with Gasteiger partial charge in [-0.3, -0.25) is 4.79 Å². The number of hydrogen-bond donors (Lipinski definition) is 1. The smallest absolute Gasteiger partial charge is 0.240 e. The molecule has 0 bridgehead atoms. The highest BCUT2D eigenvalue weighted by molar-refractivity contribution is 7.09. The van der Waals surface area contributed by atoms with Gasteiger partial charge in [0.05, 0.1) is 23.8 Å². The number of carbonyl (C=O) groups is 1. The summed E-state index contributed by atoms with van der Waals surface area (Å²) in [5.74, 6) is 0.344. The number of nitriles is 1. The molecule has 0 radical (unpaired) electrons. The minimum atomic E-state index is -0.780. The maximum Gasteiger partial charge on any atom is 0.240 e. The second-order valence-corrected chi connectivity index (χ2v) is 5.69. The van der Waals surface area contributed by atoms with Gasteiger partial charge in [0.2, 0.25) is 5.91 Å². The van der Waals surface area contributed by atoms with Crippen molar-refractivity contribution in [2.75, 3.05) is 0 Å². The average molecular weight is 249 g/mol. The lowest BCUT2D eigenvalue weighted by molar-refractivity contribution is -0.134. The fourth-order valence-electron chi connectivity index (χ4n) is 2.28. The Labute approximate surface area is 105 Å². The minimum absolute atomic E-state index is 0.133. The molecule has 1 N–H and O–H groups in total. The Morgan fingerprint density at radius 1 is 1.76 bits per heavy atom. The molecular formula is C12H15N3OS. The number of amides is 1. The number of thiazole rings is 1.